The molecule has 0 fully saturated rings. The first kappa shape index (κ1) is 21.3. The highest BCUT2D eigenvalue weighted by atomic mass is 35.5. The fraction of sp³-hybridized carbons (Fsp3) is 0.235. The third-order valence-electron chi connectivity index (χ3n) is 3.30. The molecule has 0 unspecified atom stereocenters. The number of benzene rings is 2. The summed E-state index contributed by atoms with van der Waals surface area (Å²) in [6, 6.07) is 10.2. The first-order chi connectivity index (χ1) is 12.8. The van der Waals surface area contributed by atoms with Crippen molar-refractivity contribution in [1.29, 1.82) is 0 Å². The van der Waals surface area contributed by atoms with E-state index in [1.807, 2.05) is 0 Å². The summed E-state index contributed by atoms with van der Waals surface area (Å²) in [5, 5.41) is 3.16. The zero-order valence-corrected chi connectivity index (χ0v) is 16.7. The molecule has 0 spiro atoms. The van der Waals surface area contributed by atoms with Crippen LogP contribution >= 0.6 is 23.2 Å². The number of amides is 1. The van der Waals surface area contributed by atoms with Crippen molar-refractivity contribution in [2.24, 2.45) is 0 Å². The first-order valence-corrected chi connectivity index (χ1v) is 10.0. The second-order valence-electron chi connectivity index (χ2n) is 5.34. The second kappa shape index (κ2) is 9.80. The van der Waals surface area contributed by atoms with Crippen molar-refractivity contribution in [2.45, 2.75) is 4.90 Å². The summed E-state index contributed by atoms with van der Waals surface area (Å²) in [6.45, 7) is 0.498. The molecule has 7 nitrogen and oxygen atoms in total. The smallest absolute Gasteiger partial charge is 0.261 e. The molecule has 2 aromatic carbocycles. The Morgan fingerprint density at radius 3 is 2.44 bits per heavy atom. The monoisotopic (exact) mass is 432 g/mol. The lowest BCUT2D eigenvalue weighted by Crippen LogP contribution is -2.31. The Labute approximate surface area is 167 Å². The van der Waals surface area contributed by atoms with Gasteiger partial charge in [0.05, 0.1) is 16.5 Å². The molecule has 1 amide bonds. The number of nitrogens with one attached hydrogen (secondary N) is 2. The van der Waals surface area contributed by atoms with Crippen molar-refractivity contribution in [3.05, 3.63) is 52.5 Å². The van der Waals surface area contributed by atoms with E-state index in [0.717, 1.165) is 0 Å². The summed E-state index contributed by atoms with van der Waals surface area (Å²) in [5.41, 5.74) is 0.364. The Hall–Kier alpha value is -2.00. The van der Waals surface area contributed by atoms with Crippen molar-refractivity contribution in [1.82, 2.24) is 5.32 Å². The van der Waals surface area contributed by atoms with Crippen LogP contribution in [0, 0.1) is 0 Å². The molecule has 27 heavy (non-hydrogen) atoms. The van der Waals surface area contributed by atoms with Crippen LogP contribution < -0.4 is 14.8 Å². The van der Waals surface area contributed by atoms with Crippen molar-refractivity contribution < 1.29 is 22.7 Å². The molecule has 0 aromatic heterocycles. The normalized spacial score (nSPS) is 11.1. The summed E-state index contributed by atoms with van der Waals surface area (Å²) in [7, 11) is -2.31. The molecule has 146 valence electrons. The summed E-state index contributed by atoms with van der Waals surface area (Å²) in [5.74, 6) is -0.145. The van der Waals surface area contributed by atoms with Gasteiger partial charge in [0, 0.05) is 24.4 Å². The third kappa shape index (κ3) is 6.59. The molecule has 0 radical (unpaired) electrons. The number of carbonyl (C=O) groups excluding carboxylic acids is 1. The standard InChI is InChI=1S/C17H18Cl2N2O5S/c1-25-9-8-20-17(22)11-26-16-7-6-14(10-15(16)19)27(23,24)21-13-4-2-12(18)3-5-13/h2-7,10,21H,8-9,11H2,1H3,(H,20,22). The zero-order chi connectivity index (χ0) is 19.9. The predicted molar refractivity (Wildman–Crippen MR) is 104 cm³/mol. The van der Waals surface area contributed by atoms with Crippen LogP contribution in [-0.2, 0) is 19.6 Å². The molecule has 0 bridgehead atoms. The van der Waals surface area contributed by atoms with E-state index in [1.54, 1.807) is 24.3 Å². The second-order valence-corrected chi connectivity index (χ2v) is 7.86. The molecule has 0 saturated carbocycles. The van der Waals surface area contributed by atoms with Crippen LogP contribution in [0.25, 0.3) is 0 Å². The summed E-state index contributed by atoms with van der Waals surface area (Å²) < 4.78 is 37.4. The lowest BCUT2D eigenvalue weighted by molar-refractivity contribution is -0.123. The lowest BCUT2D eigenvalue weighted by Gasteiger charge is -2.11. The topological polar surface area (TPSA) is 93.7 Å². The van der Waals surface area contributed by atoms with Crippen LogP contribution in [-0.4, -0.2) is 41.2 Å². The van der Waals surface area contributed by atoms with Gasteiger partial charge in [-0.3, -0.25) is 9.52 Å². The number of methoxy groups -OCH3 is 1. The van der Waals surface area contributed by atoms with E-state index in [1.165, 1.54) is 25.3 Å². The number of sulfonamides is 1. The van der Waals surface area contributed by atoms with Gasteiger partial charge in [0.1, 0.15) is 5.75 Å². The minimum absolute atomic E-state index is 0.0423. The lowest BCUT2D eigenvalue weighted by atomic mass is 10.3. The summed E-state index contributed by atoms with van der Waals surface area (Å²) in [4.78, 5) is 11.6. The Bertz CT molecular complexity index is 889. The SMILES string of the molecule is COCCNC(=O)COc1ccc(S(=O)(=O)Nc2ccc(Cl)cc2)cc1Cl. The average molecular weight is 433 g/mol. The zero-order valence-electron chi connectivity index (χ0n) is 14.4. The van der Waals surface area contributed by atoms with E-state index in [2.05, 4.69) is 10.0 Å². The van der Waals surface area contributed by atoms with Crippen molar-refractivity contribution in [3.63, 3.8) is 0 Å². The highest BCUT2D eigenvalue weighted by Gasteiger charge is 2.17. The molecule has 0 saturated heterocycles. The number of carbonyl (C=O) groups is 1. The summed E-state index contributed by atoms with van der Waals surface area (Å²) in [6.07, 6.45) is 0. The highest BCUT2D eigenvalue weighted by molar-refractivity contribution is 7.92. The van der Waals surface area contributed by atoms with Crippen LogP contribution in [0.2, 0.25) is 10.0 Å². The Morgan fingerprint density at radius 1 is 1.11 bits per heavy atom. The largest absolute Gasteiger partial charge is 0.482 e. The van der Waals surface area contributed by atoms with E-state index in [-0.39, 0.29) is 28.2 Å². The fourth-order valence-electron chi connectivity index (χ4n) is 1.98. The maximum atomic E-state index is 12.4. The number of hydrogen-bond acceptors (Lipinski definition) is 5. The Kier molecular flexibility index (Phi) is 7.73. The van der Waals surface area contributed by atoms with Gasteiger partial charge in [-0.05, 0) is 42.5 Å². The van der Waals surface area contributed by atoms with E-state index < -0.39 is 10.0 Å². The molecular weight excluding hydrogens is 415 g/mol. The van der Waals surface area contributed by atoms with Gasteiger partial charge in [-0.25, -0.2) is 8.42 Å². The number of anilines is 1. The van der Waals surface area contributed by atoms with Crippen LogP contribution in [0.15, 0.2) is 47.4 Å². The molecule has 0 atom stereocenters. The van der Waals surface area contributed by atoms with Gasteiger partial charge in [0.25, 0.3) is 15.9 Å². The highest BCUT2D eigenvalue weighted by Crippen LogP contribution is 2.28. The van der Waals surface area contributed by atoms with E-state index in [0.29, 0.717) is 23.9 Å². The number of ether oxygens (including phenoxy) is 2. The molecule has 0 aliphatic heterocycles. The van der Waals surface area contributed by atoms with Crippen LogP contribution in [0.1, 0.15) is 0 Å². The quantitative estimate of drug-likeness (QED) is 0.594. The van der Waals surface area contributed by atoms with Gasteiger partial charge in [-0.15, -0.1) is 0 Å². The molecular formula is C17H18Cl2N2O5S. The molecule has 2 rings (SSSR count). The number of hydrogen-bond donors (Lipinski definition) is 2. The molecule has 0 aliphatic rings. The minimum atomic E-state index is -3.84. The molecule has 0 aliphatic carbocycles. The van der Waals surface area contributed by atoms with Gasteiger partial charge in [-0.1, -0.05) is 23.2 Å². The van der Waals surface area contributed by atoms with Gasteiger partial charge in [0.15, 0.2) is 6.61 Å². The van der Waals surface area contributed by atoms with Gasteiger partial charge in [0.2, 0.25) is 0 Å². The maximum absolute atomic E-state index is 12.4. The third-order valence-corrected chi connectivity index (χ3v) is 5.22. The average Bonchev–Trinajstić information content (AvgIpc) is 2.62. The van der Waals surface area contributed by atoms with Crippen molar-refractivity contribution in [3.8, 4) is 5.75 Å². The van der Waals surface area contributed by atoms with E-state index in [9.17, 15) is 13.2 Å². The maximum Gasteiger partial charge on any atom is 0.261 e. The fourth-order valence-corrected chi connectivity index (χ4v) is 3.49. The molecule has 0 heterocycles. The van der Waals surface area contributed by atoms with E-state index >= 15 is 0 Å². The summed E-state index contributed by atoms with van der Waals surface area (Å²) >= 11 is 11.9. The van der Waals surface area contributed by atoms with E-state index in [4.69, 9.17) is 32.7 Å². The Morgan fingerprint density at radius 2 is 1.81 bits per heavy atom. The number of halogens is 2. The van der Waals surface area contributed by atoms with Crippen molar-refractivity contribution in [2.75, 3.05) is 31.6 Å². The predicted octanol–water partition coefficient (Wildman–Crippen LogP) is 2.94. The molecule has 2 aromatic rings. The molecule has 10 heteroatoms. The van der Waals surface area contributed by atoms with Gasteiger partial charge in [-0.2, -0.15) is 0 Å². The minimum Gasteiger partial charge on any atom is -0.482 e. The number of rotatable bonds is 9. The molecule has 2 N–H and O–H groups in total. The van der Waals surface area contributed by atoms with Crippen LogP contribution in [0.3, 0.4) is 0 Å². The van der Waals surface area contributed by atoms with Crippen LogP contribution in [0.5, 0.6) is 5.75 Å². The Balaban J connectivity index is 2.02. The van der Waals surface area contributed by atoms with Crippen LogP contribution in [0.4, 0.5) is 5.69 Å². The first-order valence-electron chi connectivity index (χ1n) is 7.78. The van der Waals surface area contributed by atoms with Gasteiger partial charge < -0.3 is 14.8 Å². The van der Waals surface area contributed by atoms with Crippen molar-refractivity contribution >= 4 is 44.8 Å². The van der Waals surface area contributed by atoms with Gasteiger partial charge >= 0.3 is 0 Å².